The van der Waals surface area contributed by atoms with Gasteiger partial charge < -0.3 is 20.2 Å². The Labute approximate surface area is 177 Å². The molecule has 0 bridgehead atoms. The normalized spacial score (nSPS) is 13.2. The van der Waals surface area contributed by atoms with Crippen LogP contribution in [-0.4, -0.2) is 22.3 Å². The Morgan fingerprint density at radius 2 is 1.90 bits per heavy atom. The van der Waals surface area contributed by atoms with Crippen LogP contribution in [0.5, 0.6) is 5.75 Å². The number of rotatable bonds is 8. The number of furan rings is 1. The Hall–Kier alpha value is -2.15. The molecular weight excluding hydrogens is 434 g/mol. The van der Waals surface area contributed by atoms with E-state index < -0.39 is 15.8 Å². The molecule has 1 atom stereocenters. The molecule has 0 radical (unpaired) electrons. The van der Waals surface area contributed by atoms with Gasteiger partial charge in [-0.15, -0.1) is 11.3 Å². The van der Waals surface area contributed by atoms with E-state index in [4.69, 9.17) is 9.56 Å². The van der Waals surface area contributed by atoms with Crippen LogP contribution in [0.15, 0.2) is 26.3 Å². The quantitative estimate of drug-likeness (QED) is 0.393. The van der Waals surface area contributed by atoms with Crippen molar-refractivity contribution in [2.24, 2.45) is 11.1 Å². The molecule has 0 aromatic carbocycles. The number of sulfonamides is 1. The highest BCUT2D eigenvalue weighted by molar-refractivity contribution is 7.91. The van der Waals surface area contributed by atoms with Crippen LogP contribution >= 0.6 is 23.1 Å². The Balaban J connectivity index is 1.84. The summed E-state index contributed by atoms with van der Waals surface area (Å²) in [6.45, 7) is 8.32. The van der Waals surface area contributed by atoms with E-state index in [1.165, 1.54) is 5.38 Å². The van der Waals surface area contributed by atoms with Crippen LogP contribution < -0.4 is 15.8 Å². The number of nitrogens with zero attached hydrogens (tertiary/aromatic N) is 2. The van der Waals surface area contributed by atoms with Crippen LogP contribution in [0, 0.1) is 5.92 Å². The molecule has 3 aromatic rings. The molecule has 0 saturated carbocycles. The van der Waals surface area contributed by atoms with Crippen molar-refractivity contribution in [2.75, 3.05) is 10.6 Å². The first kappa shape index (κ1) is 21.6. The third kappa shape index (κ3) is 4.71. The number of aromatic nitrogens is 2. The number of primary sulfonamides is 1. The molecule has 0 aliphatic rings. The first-order valence-electron chi connectivity index (χ1n) is 8.85. The fraction of sp³-hybridized carbons (Fsp3) is 0.412. The highest BCUT2D eigenvalue weighted by atomic mass is 32.2. The van der Waals surface area contributed by atoms with Crippen molar-refractivity contribution in [3.05, 3.63) is 29.0 Å². The Morgan fingerprint density at radius 3 is 2.45 bits per heavy atom. The summed E-state index contributed by atoms with van der Waals surface area (Å²) >= 11 is 1.81. The van der Waals surface area contributed by atoms with Crippen LogP contribution in [0.2, 0.25) is 0 Å². The molecule has 0 aliphatic heterocycles. The number of aromatic hydroxyl groups is 1. The van der Waals surface area contributed by atoms with Crippen molar-refractivity contribution in [1.29, 1.82) is 0 Å². The molecule has 0 saturated heterocycles. The lowest BCUT2D eigenvalue weighted by molar-refractivity contribution is 0.420. The number of nitrogens with one attached hydrogen (secondary N) is 2. The second kappa shape index (κ2) is 8.30. The zero-order chi connectivity index (χ0) is 21.3. The zero-order valence-corrected chi connectivity index (χ0v) is 18.8. The zero-order valence-electron chi connectivity index (χ0n) is 16.3. The minimum absolute atomic E-state index is 0.150. The molecule has 0 spiro atoms. The second-order valence-corrected chi connectivity index (χ2v) is 10.4. The first-order valence-corrected chi connectivity index (χ1v) is 12.0. The van der Waals surface area contributed by atoms with Gasteiger partial charge in [0.1, 0.15) is 5.76 Å². The van der Waals surface area contributed by atoms with Gasteiger partial charge in [-0.05, 0) is 23.5 Å². The summed E-state index contributed by atoms with van der Waals surface area (Å²) in [6.07, 6.45) is 1.76. The van der Waals surface area contributed by atoms with Crippen molar-refractivity contribution in [3.63, 3.8) is 0 Å². The second-order valence-electron chi connectivity index (χ2n) is 7.22. The molecule has 0 amide bonds. The summed E-state index contributed by atoms with van der Waals surface area (Å²) in [7, 11) is -4.01. The molecule has 3 heterocycles. The predicted octanol–water partition coefficient (Wildman–Crippen LogP) is 4.22. The minimum Gasteiger partial charge on any atom is -0.504 e. The van der Waals surface area contributed by atoms with Gasteiger partial charge in [0, 0.05) is 5.38 Å². The Bertz CT molecular complexity index is 1080. The van der Waals surface area contributed by atoms with Crippen LogP contribution in [0.3, 0.4) is 0 Å². The number of hydrogen-bond acceptors (Lipinski definition) is 10. The molecule has 0 unspecified atom stereocenters. The van der Waals surface area contributed by atoms with Crippen LogP contribution in [0.25, 0.3) is 0 Å². The SMILES string of the molecule is CC(C)c1coc([C@H](Nc2nsnc2Nc2csc(S(N)(=O)=O)c2O)C(C)C)c1. The third-order valence-electron chi connectivity index (χ3n) is 4.30. The first-order chi connectivity index (χ1) is 13.6. The fourth-order valence-corrected chi connectivity index (χ4v) is 4.82. The summed E-state index contributed by atoms with van der Waals surface area (Å²) in [5, 5.41) is 23.0. The molecule has 12 heteroatoms. The maximum Gasteiger partial charge on any atom is 0.251 e. The topological polar surface area (TPSA) is 143 Å². The van der Waals surface area contributed by atoms with Crippen molar-refractivity contribution < 1.29 is 17.9 Å². The van der Waals surface area contributed by atoms with Gasteiger partial charge in [0.05, 0.1) is 29.7 Å². The molecule has 0 fully saturated rings. The summed E-state index contributed by atoms with van der Waals surface area (Å²) < 4.78 is 37.0. The van der Waals surface area contributed by atoms with E-state index in [9.17, 15) is 13.5 Å². The van der Waals surface area contributed by atoms with Crippen molar-refractivity contribution in [2.45, 2.75) is 43.9 Å². The van der Waals surface area contributed by atoms with Gasteiger partial charge in [0.15, 0.2) is 21.6 Å². The fourth-order valence-electron chi connectivity index (χ4n) is 2.67. The molecule has 3 aromatic heterocycles. The summed E-state index contributed by atoms with van der Waals surface area (Å²) in [5.41, 5.74) is 1.30. The van der Waals surface area contributed by atoms with Gasteiger partial charge in [-0.1, -0.05) is 27.7 Å². The van der Waals surface area contributed by atoms with Crippen molar-refractivity contribution in [3.8, 4) is 5.75 Å². The largest absolute Gasteiger partial charge is 0.504 e. The highest BCUT2D eigenvalue weighted by Gasteiger charge is 2.25. The standard InChI is InChI=1S/C17H23N5O4S3/c1-8(2)10-5-12(26-6-10)13(9(3)4)20-16-15(21-28-22-16)19-11-7-27-17(14(11)23)29(18,24)25/h5-9,13,23H,1-4H3,(H,19,21)(H,20,22)(H2,18,24,25)/t13-/m1/s1. The lowest BCUT2D eigenvalue weighted by Crippen LogP contribution is -2.17. The van der Waals surface area contributed by atoms with E-state index in [0.717, 1.165) is 34.4 Å². The highest BCUT2D eigenvalue weighted by Crippen LogP contribution is 2.40. The lowest BCUT2D eigenvalue weighted by Gasteiger charge is -2.20. The summed E-state index contributed by atoms with van der Waals surface area (Å²) in [4.78, 5) is 0. The van der Waals surface area contributed by atoms with Gasteiger partial charge in [-0.3, -0.25) is 0 Å². The molecular formula is C17H23N5O4S3. The van der Waals surface area contributed by atoms with Crippen LogP contribution in [-0.2, 0) is 10.0 Å². The van der Waals surface area contributed by atoms with Gasteiger partial charge in [0.25, 0.3) is 10.0 Å². The van der Waals surface area contributed by atoms with Crippen LogP contribution in [0.1, 0.15) is 51.0 Å². The number of nitrogens with two attached hydrogens (primary N) is 1. The summed E-state index contributed by atoms with van der Waals surface area (Å²) in [6, 6.07) is 1.88. The molecule has 3 rings (SSSR count). The van der Waals surface area contributed by atoms with E-state index in [-0.39, 0.29) is 21.9 Å². The van der Waals surface area contributed by atoms with Crippen molar-refractivity contribution >= 4 is 50.4 Å². The van der Waals surface area contributed by atoms with E-state index in [1.54, 1.807) is 6.26 Å². The van der Waals surface area contributed by atoms with Crippen LogP contribution in [0.4, 0.5) is 17.3 Å². The summed E-state index contributed by atoms with van der Waals surface area (Å²) in [5.74, 6) is 1.73. The number of thiophene rings is 1. The molecule has 5 N–H and O–H groups in total. The smallest absolute Gasteiger partial charge is 0.251 e. The maximum atomic E-state index is 11.5. The lowest BCUT2D eigenvalue weighted by atomic mass is 9.99. The average Bonchev–Trinajstić information content (AvgIpc) is 3.33. The van der Waals surface area contributed by atoms with E-state index in [0.29, 0.717) is 17.6 Å². The van der Waals surface area contributed by atoms with E-state index in [2.05, 4.69) is 47.1 Å². The Kier molecular flexibility index (Phi) is 6.17. The van der Waals surface area contributed by atoms with Gasteiger partial charge >= 0.3 is 0 Å². The van der Waals surface area contributed by atoms with Crippen molar-refractivity contribution in [1.82, 2.24) is 8.75 Å². The maximum absolute atomic E-state index is 11.5. The van der Waals surface area contributed by atoms with E-state index in [1.807, 2.05) is 6.07 Å². The molecule has 29 heavy (non-hydrogen) atoms. The minimum atomic E-state index is -4.01. The molecule has 0 aliphatic carbocycles. The van der Waals surface area contributed by atoms with Gasteiger partial charge in [0.2, 0.25) is 0 Å². The van der Waals surface area contributed by atoms with Gasteiger partial charge in [-0.25, -0.2) is 13.6 Å². The monoisotopic (exact) mass is 457 g/mol. The predicted molar refractivity (Wildman–Crippen MR) is 115 cm³/mol. The van der Waals surface area contributed by atoms with Gasteiger partial charge in [-0.2, -0.15) is 8.75 Å². The third-order valence-corrected chi connectivity index (χ3v) is 7.29. The molecule has 9 nitrogen and oxygen atoms in total. The molecule has 158 valence electrons. The van der Waals surface area contributed by atoms with E-state index >= 15 is 0 Å². The number of hydrogen-bond donors (Lipinski definition) is 4. The Morgan fingerprint density at radius 1 is 1.21 bits per heavy atom. The average molecular weight is 458 g/mol. The number of anilines is 3.